The van der Waals surface area contributed by atoms with Crippen LogP contribution in [0.15, 0.2) is 91.0 Å². The Kier molecular flexibility index (Phi) is 12.8. The first-order valence-electron chi connectivity index (χ1n) is 11.1. The predicted molar refractivity (Wildman–Crippen MR) is 144 cm³/mol. The van der Waals surface area contributed by atoms with Crippen LogP contribution in [0.3, 0.4) is 0 Å². The molecule has 33 heavy (non-hydrogen) atoms. The summed E-state index contributed by atoms with van der Waals surface area (Å²) in [5, 5.41) is 0.801. The Morgan fingerprint density at radius 1 is 0.424 bits per heavy atom. The lowest BCUT2D eigenvalue weighted by Crippen LogP contribution is -1.79. The van der Waals surface area contributed by atoms with E-state index in [1.54, 1.807) is 12.1 Å². The third-order valence-electron chi connectivity index (χ3n) is 4.90. The minimum absolute atomic E-state index is 0.171. The van der Waals surface area contributed by atoms with Crippen LogP contribution in [0, 0.1) is 54.3 Å². The van der Waals surface area contributed by atoms with Crippen molar-refractivity contribution in [3.05, 3.63) is 141 Å². The van der Waals surface area contributed by atoms with Crippen molar-refractivity contribution < 1.29 is 4.39 Å². The quantitative estimate of drug-likeness (QED) is 0.244. The van der Waals surface area contributed by atoms with E-state index >= 15 is 0 Å². The molecule has 0 heterocycles. The molecule has 0 amide bonds. The molecular weight excluding hydrogens is 427 g/mol. The van der Waals surface area contributed by atoms with Crippen molar-refractivity contribution in [3.63, 3.8) is 0 Å². The molecule has 0 saturated carbocycles. The van der Waals surface area contributed by atoms with Gasteiger partial charge in [0, 0.05) is 5.02 Å². The maximum Gasteiger partial charge on any atom is 0.123 e. The lowest BCUT2D eigenvalue weighted by Gasteiger charge is -1.98. The molecule has 0 saturated heterocycles. The monoisotopic (exact) mass is 462 g/mol. The number of halogens is 2. The molecule has 0 aliphatic heterocycles. The lowest BCUT2D eigenvalue weighted by atomic mass is 10.1. The molecule has 0 aliphatic carbocycles. The van der Waals surface area contributed by atoms with Gasteiger partial charge in [-0.15, -0.1) is 0 Å². The molecule has 0 atom stereocenters. The Labute approximate surface area is 205 Å². The minimum Gasteiger partial charge on any atom is -0.207 e. The highest BCUT2D eigenvalue weighted by atomic mass is 35.5. The maximum absolute atomic E-state index is 12.1. The van der Waals surface area contributed by atoms with Crippen molar-refractivity contribution in [1.29, 1.82) is 0 Å². The number of hydrogen-bond acceptors (Lipinski definition) is 0. The predicted octanol–water partition coefficient (Wildman–Crippen LogP) is 9.70. The van der Waals surface area contributed by atoms with Crippen molar-refractivity contribution in [2.45, 2.75) is 48.5 Å². The minimum atomic E-state index is -0.171. The molecule has 0 unspecified atom stereocenters. The Balaban J connectivity index is 0.000000220. The molecular formula is C31H36ClF. The summed E-state index contributed by atoms with van der Waals surface area (Å²) in [7, 11) is 0. The smallest absolute Gasteiger partial charge is 0.123 e. The van der Waals surface area contributed by atoms with Gasteiger partial charge in [-0.2, -0.15) is 0 Å². The van der Waals surface area contributed by atoms with Gasteiger partial charge in [0.15, 0.2) is 0 Å². The summed E-state index contributed by atoms with van der Waals surface area (Å²) in [6, 6.07) is 29.1. The summed E-state index contributed by atoms with van der Waals surface area (Å²) in [4.78, 5) is 0. The number of hydrogen-bond donors (Lipinski definition) is 0. The molecule has 4 aromatic rings. The fraction of sp³-hybridized carbons (Fsp3) is 0.226. The van der Waals surface area contributed by atoms with Crippen LogP contribution in [0.4, 0.5) is 4.39 Å². The van der Waals surface area contributed by atoms with Crippen LogP contribution in [-0.4, -0.2) is 0 Å². The molecule has 174 valence electrons. The van der Waals surface area contributed by atoms with E-state index in [2.05, 4.69) is 77.1 Å². The van der Waals surface area contributed by atoms with Gasteiger partial charge in [0.2, 0.25) is 0 Å². The molecule has 4 aromatic carbocycles. The number of rotatable bonds is 0. The first-order valence-corrected chi connectivity index (χ1v) is 11.5. The van der Waals surface area contributed by atoms with E-state index in [1.165, 1.54) is 45.5 Å². The van der Waals surface area contributed by atoms with Gasteiger partial charge in [-0.25, -0.2) is 4.39 Å². The summed E-state index contributed by atoms with van der Waals surface area (Å²) < 4.78 is 12.1. The summed E-state index contributed by atoms with van der Waals surface area (Å²) >= 11 is 5.61. The molecule has 0 N–H and O–H groups in total. The van der Waals surface area contributed by atoms with Crippen molar-refractivity contribution in [3.8, 4) is 0 Å². The average Bonchev–Trinajstić information content (AvgIpc) is 2.79. The summed E-state index contributed by atoms with van der Waals surface area (Å²) in [6.07, 6.45) is 0. The van der Waals surface area contributed by atoms with E-state index in [0.29, 0.717) is 0 Å². The SMILES string of the molecule is Cc1ccc(C)c(C)c1.Cc1ccc(C)cc1.Cc1ccc(Cl)cc1.Cc1ccc(F)cc1. The molecule has 0 bridgehead atoms. The van der Waals surface area contributed by atoms with Crippen LogP contribution in [0.25, 0.3) is 0 Å². The third kappa shape index (κ3) is 13.3. The average molecular weight is 463 g/mol. The maximum atomic E-state index is 12.1. The highest BCUT2D eigenvalue weighted by molar-refractivity contribution is 6.30. The second-order valence-corrected chi connectivity index (χ2v) is 8.77. The van der Waals surface area contributed by atoms with Gasteiger partial charge in [0.1, 0.15) is 5.82 Å². The van der Waals surface area contributed by atoms with Crippen LogP contribution in [0.2, 0.25) is 5.02 Å². The molecule has 0 nitrogen and oxygen atoms in total. The summed E-state index contributed by atoms with van der Waals surface area (Å²) in [5.74, 6) is -0.171. The molecule has 0 spiro atoms. The van der Waals surface area contributed by atoms with Gasteiger partial charge in [0.05, 0.1) is 0 Å². The van der Waals surface area contributed by atoms with E-state index in [1.807, 2.05) is 38.1 Å². The van der Waals surface area contributed by atoms with Crippen molar-refractivity contribution in [2.24, 2.45) is 0 Å². The Hall–Kier alpha value is -2.90. The van der Waals surface area contributed by atoms with Crippen molar-refractivity contribution in [2.75, 3.05) is 0 Å². The topological polar surface area (TPSA) is 0 Å². The van der Waals surface area contributed by atoms with Crippen LogP contribution >= 0.6 is 11.6 Å². The van der Waals surface area contributed by atoms with Crippen LogP contribution in [0.1, 0.15) is 38.9 Å². The zero-order chi connectivity index (χ0) is 24.8. The lowest BCUT2D eigenvalue weighted by molar-refractivity contribution is 0.627. The Morgan fingerprint density at radius 3 is 1.06 bits per heavy atom. The third-order valence-corrected chi connectivity index (χ3v) is 5.15. The fourth-order valence-corrected chi connectivity index (χ4v) is 2.72. The Bertz CT molecular complexity index is 897. The standard InChI is InChI=1S/C9H12.C8H10.C7H7Cl.C7H7F/c1-7-4-5-8(2)9(3)6-7;1-7-3-5-8(2)6-4-7;2*1-6-2-4-7(8)5-3-6/h4-6H,1-3H3;3-6H,1-2H3;2*2-5H,1H3. The number of benzene rings is 4. The van der Waals surface area contributed by atoms with Gasteiger partial charge < -0.3 is 0 Å². The molecule has 0 aromatic heterocycles. The van der Waals surface area contributed by atoms with Crippen LogP contribution < -0.4 is 0 Å². The van der Waals surface area contributed by atoms with Crippen LogP contribution in [0.5, 0.6) is 0 Å². The molecule has 0 fully saturated rings. The van der Waals surface area contributed by atoms with E-state index in [4.69, 9.17) is 11.6 Å². The second kappa shape index (κ2) is 15.0. The highest BCUT2D eigenvalue weighted by Crippen LogP contribution is 2.08. The van der Waals surface area contributed by atoms with Gasteiger partial charge in [-0.1, -0.05) is 106 Å². The zero-order valence-electron chi connectivity index (χ0n) is 20.9. The van der Waals surface area contributed by atoms with E-state index in [9.17, 15) is 4.39 Å². The summed E-state index contributed by atoms with van der Waals surface area (Å²) in [5.41, 5.74) is 9.10. The van der Waals surface area contributed by atoms with Crippen molar-refractivity contribution in [1.82, 2.24) is 0 Å². The van der Waals surface area contributed by atoms with Crippen molar-refractivity contribution >= 4 is 11.6 Å². The van der Waals surface area contributed by atoms with Crippen LogP contribution in [-0.2, 0) is 0 Å². The van der Waals surface area contributed by atoms with E-state index in [0.717, 1.165) is 10.6 Å². The molecule has 0 aliphatic rings. The second-order valence-electron chi connectivity index (χ2n) is 8.33. The van der Waals surface area contributed by atoms with Gasteiger partial charge in [0.25, 0.3) is 0 Å². The van der Waals surface area contributed by atoms with E-state index < -0.39 is 0 Å². The summed E-state index contributed by atoms with van der Waals surface area (Å²) in [6.45, 7) is 14.6. The molecule has 0 radical (unpaired) electrons. The molecule has 2 heteroatoms. The molecule has 4 rings (SSSR count). The van der Waals surface area contributed by atoms with Gasteiger partial charge in [-0.3, -0.25) is 0 Å². The van der Waals surface area contributed by atoms with E-state index in [-0.39, 0.29) is 5.82 Å². The largest absolute Gasteiger partial charge is 0.207 e. The highest BCUT2D eigenvalue weighted by Gasteiger charge is 1.89. The zero-order valence-corrected chi connectivity index (χ0v) is 21.7. The Morgan fingerprint density at radius 2 is 0.758 bits per heavy atom. The van der Waals surface area contributed by atoms with Gasteiger partial charge in [-0.05, 0) is 83.9 Å². The van der Waals surface area contributed by atoms with Gasteiger partial charge >= 0.3 is 0 Å². The normalized spacial score (nSPS) is 9.36. The fourth-order valence-electron chi connectivity index (χ4n) is 2.59. The first-order chi connectivity index (χ1) is 15.6. The first kappa shape index (κ1) is 28.1. The number of aryl methyl sites for hydroxylation is 7.